The van der Waals surface area contributed by atoms with E-state index in [1.165, 1.54) is 12.1 Å². The number of anilines is 2. The third-order valence-electron chi connectivity index (χ3n) is 3.02. The maximum atomic E-state index is 11.1. The van der Waals surface area contributed by atoms with E-state index in [0.717, 1.165) is 0 Å². The minimum absolute atomic E-state index is 0.0122. The second-order valence-electron chi connectivity index (χ2n) is 4.64. The molecule has 0 amide bonds. The summed E-state index contributed by atoms with van der Waals surface area (Å²) in [6.45, 7) is 1.43. The maximum Gasteiger partial charge on any atom is 0.294 e. The van der Waals surface area contributed by atoms with Crippen molar-refractivity contribution in [3.63, 3.8) is 0 Å². The molecule has 0 heterocycles. The maximum absolute atomic E-state index is 11.1. The zero-order chi connectivity index (χ0) is 15.8. The van der Waals surface area contributed by atoms with Gasteiger partial charge in [0, 0.05) is 24.3 Å². The molecule has 0 saturated carbocycles. The SMILES string of the molecule is CCC(CO)Nc1ccc(NCC(O)CO)c([N+](=O)[O-])c1. The first-order valence-corrected chi connectivity index (χ1v) is 6.70. The summed E-state index contributed by atoms with van der Waals surface area (Å²) < 4.78 is 0. The van der Waals surface area contributed by atoms with E-state index in [4.69, 9.17) is 10.2 Å². The lowest BCUT2D eigenvalue weighted by Gasteiger charge is -2.16. The molecule has 0 bridgehead atoms. The number of nitro benzene ring substituents is 1. The van der Waals surface area contributed by atoms with E-state index >= 15 is 0 Å². The van der Waals surface area contributed by atoms with Crippen LogP contribution in [0.1, 0.15) is 13.3 Å². The number of aliphatic hydroxyl groups excluding tert-OH is 3. The van der Waals surface area contributed by atoms with Crippen LogP contribution in [0.2, 0.25) is 0 Å². The second-order valence-corrected chi connectivity index (χ2v) is 4.64. The number of nitrogens with zero attached hydrogens (tertiary/aromatic N) is 1. The van der Waals surface area contributed by atoms with Gasteiger partial charge in [0.2, 0.25) is 0 Å². The number of aliphatic hydroxyl groups is 3. The van der Waals surface area contributed by atoms with Crippen LogP contribution in [0.15, 0.2) is 18.2 Å². The van der Waals surface area contributed by atoms with Crippen molar-refractivity contribution in [2.75, 3.05) is 30.4 Å². The lowest BCUT2D eigenvalue weighted by Crippen LogP contribution is -2.24. The van der Waals surface area contributed by atoms with Gasteiger partial charge < -0.3 is 26.0 Å². The third-order valence-corrected chi connectivity index (χ3v) is 3.02. The van der Waals surface area contributed by atoms with Gasteiger partial charge in [-0.3, -0.25) is 10.1 Å². The first kappa shape index (κ1) is 17.2. The Morgan fingerprint density at radius 3 is 2.57 bits per heavy atom. The average Bonchev–Trinajstić information content (AvgIpc) is 2.50. The molecule has 8 heteroatoms. The van der Waals surface area contributed by atoms with Crippen molar-refractivity contribution >= 4 is 17.1 Å². The lowest BCUT2D eigenvalue weighted by atomic mass is 10.2. The molecule has 2 atom stereocenters. The van der Waals surface area contributed by atoms with Gasteiger partial charge in [-0.15, -0.1) is 0 Å². The Hall–Kier alpha value is -1.90. The summed E-state index contributed by atoms with van der Waals surface area (Å²) >= 11 is 0. The van der Waals surface area contributed by atoms with Crippen LogP contribution in [0, 0.1) is 10.1 Å². The van der Waals surface area contributed by atoms with Crippen LogP contribution < -0.4 is 10.6 Å². The van der Waals surface area contributed by atoms with Crippen LogP contribution in [0.25, 0.3) is 0 Å². The molecular formula is C13H21N3O5. The number of nitro groups is 1. The van der Waals surface area contributed by atoms with Crippen molar-refractivity contribution in [2.24, 2.45) is 0 Å². The molecule has 0 aromatic heterocycles. The number of hydrogen-bond acceptors (Lipinski definition) is 7. The molecule has 1 aromatic rings. The standard InChI is InChI=1S/C13H21N3O5/c1-2-9(7-17)15-10-3-4-12(13(5-10)16(20)21)14-6-11(19)8-18/h3-5,9,11,14-15,17-19H,2,6-8H2,1H3. The summed E-state index contributed by atoms with van der Waals surface area (Å²) in [6, 6.07) is 4.37. The fraction of sp³-hybridized carbons (Fsp3) is 0.538. The van der Waals surface area contributed by atoms with E-state index in [-0.39, 0.29) is 30.6 Å². The molecule has 0 radical (unpaired) electrons. The van der Waals surface area contributed by atoms with Crippen molar-refractivity contribution in [3.05, 3.63) is 28.3 Å². The van der Waals surface area contributed by atoms with E-state index in [2.05, 4.69) is 10.6 Å². The van der Waals surface area contributed by atoms with Crippen molar-refractivity contribution in [1.29, 1.82) is 0 Å². The lowest BCUT2D eigenvalue weighted by molar-refractivity contribution is -0.383. The zero-order valence-corrected chi connectivity index (χ0v) is 11.8. The molecular weight excluding hydrogens is 278 g/mol. The Morgan fingerprint density at radius 1 is 1.33 bits per heavy atom. The number of nitrogens with one attached hydrogen (secondary N) is 2. The number of hydrogen-bond donors (Lipinski definition) is 5. The summed E-state index contributed by atoms with van der Waals surface area (Å²) in [5, 5.41) is 43.9. The quantitative estimate of drug-likeness (QED) is 0.332. The van der Waals surface area contributed by atoms with E-state index in [0.29, 0.717) is 12.1 Å². The topological polar surface area (TPSA) is 128 Å². The van der Waals surface area contributed by atoms with E-state index in [1.807, 2.05) is 6.92 Å². The minimum Gasteiger partial charge on any atom is -0.394 e. The first-order valence-electron chi connectivity index (χ1n) is 6.70. The molecule has 0 fully saturated rings. The molecule has 0 aliphatic carbocycles. The van der Waals surface area contributed by atoms with Gasteiger partial charge in [-0.1, -0.05) is 6.92 Å². The Labute approximate surface area is 122 Å². The van der Waals surface area contributed by atoms with E-state index in [9.17, 15) is 15.2 Å². The molecule has 8 nitrogen and oxygen atoms in total. The van der Waals surface area contributed by atoms with Crippen LogP contribution >= 0.6 is 0 Å². The van der Waals surface area contributed by atoms with Crippen molar-refractivity contribution in [2.45, 2.75) is 25.5 Å². The zero-order valence-electron chi connectivity index (χ0n) is 11.8. The van der Waals surface area contributed by atoms with Crippen LogP contribution in [0.4, 0.5) is 17.1 Å². The highest BCUT2D eigenvalue weighted by Gasteiger charge is 2.16. The minimum atomic E-state index is -0.985. The predicted molar refractivity (Wildman–Crippen MR) is 79.5 cm³/mol. The van der Waals surface area contributed by atoms with Gasteiger partial charge in [0.15, 0.2) is 0 Å². The summed E-state index contributed by atoms with van der Waals surface area (Å²) in [5.41, 5.74) is 0.656. The Kier molecular flexibility index (Phi) is 6.86. The Morgan fingerprint density at radius 2 is 2.05 bits per heavy atom. The van der Waals surface area contributed by atoms with Crippen molar-refractivity contribution in [1.82, 2.24) is 0 Å². The summed E-state index contributed by atoms with van der Waals surface area (Å²) in [6.07, 6.45) is -0.297. The second kappa shape index (κ2) is 8.40. The van der Waals surface area contributed by atoms with Gasteiger partial charge >= 0.3 is 0 Å². The normalized spacial score (nSPS) is 13.5. The fourth-order valence-electron chi connectivity index (χ4n) is 1.73. The van der Waals surface area contributed by atoms with Gasteiger partial charge in [-0.2, -0.15) is 0 Å². The highest BCUT2D eigenvalue weighted by Crippen LogP contribution is 2.28. The van der Waals surface area contributed by atoms with Gasteiger partial charge in [0.05, 0.1) is 24.2 Å². The van der Waals surface area contributed by atoms with Gasteiger partial charge in [0.1, 0.15) is 5.69 Å². The van der Waals surface area contributed by atoms with Gasteiger partial charge in [-0.05, 0) is 18.6 Å². The molecule has 0 saturated heterocycles. The van der Waals surface area contributed by atoms with Gasteiger partial charge in [-0.25, -0.2) is 0 Å². The van der Waals surface area contributed by atoms with E-state index in [1.54, 1.807) is 6.07 Å². The highest BCUT2D eigenvalue weighted by atomic mass is 16.6. The fourth-order valence-corrected chi connectivity index (χ4v) is 1.73. The van der Waals surface area contributed by atoms with Crippen LogP contribution in [-0.4, -0.2) is 52.1 Å². The molecule has 2 unspecified atom stereocenters. The highest BCUT2D eigenvalue weighted by molar-refractivity contribution is 5.68. The van der Waals surface area contributed by atoms with Gasteiger partial charge in [0.25, 0.3) is 5.69 Å². The molecule has 0 spiro atoms. The molecule has 0 aliphatic rings. The molecule has 1 aromatic carbocycles. The number of benzene rings is 1. The number of rotatable bonds is 9. The first-order chi connectivity index (χ1) is 10.0. The monoisotopic (exact) mass is 299 g/mol. The summed E-state index contributed by atoms with van der Waals surface area (Å²) in [5.74, 6) is 0. The predicted octanol–water partition coefficient (Wildman–Crippen LogP) is 0.543. The average molecular weight is 299 g/mol. The Balaban J connectivity index is 2.88. The summed E-state index contributed by atoms with van der Waals surface area (Å²) in [4.78, 5) is 10.6. The largest absolute Gasteiger partial charge is 0.394 e. The van der Waals surface area contributed by atoms with Crippen LogP contribution in [-0.2, 0) is 0 Å². The molecule has 5 N–H and O–H groups in total. The Bertz CT molecular complexity index is 465. The van der Waals surface area contributed by atoms with Crippen molar-refractivity contribution in [3.8, 4) is 0 Å². The molecule has 21 heavy (non-hydrogen) atoms. The molecule has 0 aliphatic heterocycles. The molecule has 1 rings (SSSR count). The summed E-state index contributed by atoms with van der Waals surface area (Å²) in [7, 11) is 0. The van der Waals surface area contributed by atoms with E-state index < -0.39 is 17.6 Å². The van der Waals surface area contributed by atoms with Crippen LogP contribution in [0.5, 0.6) is 0 Å². The molecule has 118 valence electrons. The van der Waals surface area contributed by atoms with Crippen LogP contribution in [0.3, 0.4) is 0 Å². The third kappa shape index (κ3) is 5.18. The van der Waals surface area contributed by atoms with Crippen molar-refractivity contribution < 1.29 is 20.2 Å². The smallest absolute Gasteiger partial charge is 0.294 e.